The Hall–Kier alpha value is -1.96. The molecule has 0 aliphatic rings. The maximum absolute atomic E-state index is 11.4. The SMILES string of the molecule is NC(CO)C(=O)N(N)C(=O)OCc1ccccc1. The Labute approximate surface area is 104 Å². The molecule has 1 aromatic rings. The Morgan fingerprint density at radius 2 is 1.94 bits per heavy atom. The van der Waals surface area contributed by atoms with E-state index in [1.54, 1.807) is 24.3 Å². The van der Waals surface area contributed by atoms with Crippen LogP contribution in [0.2, 0.25) is 0 Å². The van der Waals surface area contributed by atoms with Gasteiger partial charge in [-0.25, -0.2) is 10.6 Å². The second kappa shape index (κ2) is 6.70. The van der Waals surface area contributed by atoms with E-state index < -0.39 is 24.6 Å². The summed E-state index contributed by atoms with van der Waals surface area (Å²) in [7, 11) is 0. The molecule has 1 atom stereocenters. The minimum Gasteiger partial charge on any atom is -0.443 e. The molecule has 98 valence electrons. The zero-order valence-electron chi connectivity index (χ0n) is 9.65. The molecule has 0 fully saturated rings. The van der Waals surface area contributed by atoms with Crippen molar-refractivity contribution < 1.29 is 19.4 Å². The molecular weight excluding hydrogens is 238 g/mol. The summed E-state index contributed by atoms with van der Waals surface area (Å²) in [6.45, 7) is -0.604. The molecular formula is C11H15N3O4. The molecule has 0 aliphatic carbocycles. The van der Waals surface area contributed by atoms with Crippen LogP contribution < -0.4 is 11.6 Å². The number of hydrazine groups is 1. The quantitative estimate of drug-likeness (QED) is 0.372. The van der Waals surface area contributed by atoms with Crippen LogP contribution in [0.1, 0.15) is 5.56 Å². The fourth-order valence-corrected chi connectivity index (χ4v) is 1.14. The molecule has 1 unspecified atom stereocenters. The number of carbonyl (C=O) groups is 2. The van der Waals surface area contributed by atoms with Gasteiger partial charge in [0.05, 0.1) is 6.61 Å². The van der Waals surface area contributed by atoms with Crippen molar-refractivity contribution in [3.8, 4) is 0 Å². The smallest absolute Gasteiger partial charge is 0.431 e. The highest BCUT2D eigenvalue weighted by atomic mass is 16.6. The number of carbonyl (C=O) groups excluding carboxylic acids is 2. The average Bonchev–Trinajstić information content (AvgIpc) is 2.43. The number of amides is 2. The first kappa shape index (κ1) is 14.1. The number of nitrogens with zero attached hydrogens (tertiary/aromatic N) is 1. The first-order valence-electron chi connectivity index (χ1n) is 5.22. The Kier molecular flexibility index (Phi) is 5.25. The summed E-state index contributed by atoms with van der Waals surface area (Å²) in [6, 6.07) is 7.68. The van der Waals surface area contributed by atoms with Crippen molar-refractivity contribution in [1.82, 2.24) is 5.01 Å². The predicted molar refractivity (Wildman–Crippen MR) is 62.7 cm³/mol. The molecule has 0 bridgehead atoms. The molecule has 0 spiro atoms. The number of aliphatic hydroxyl groups is 1. The summed E-state index contributed by atoms with van der Waals surface area (Å²) in [5, 5.41) is 8.92. The van der Waals surface area contributed by atoms with Crippen molar-refractivity contribution in [2.75, 3.05) is 6.61 Å². The van der Waals surface area contributed by atoms with Crippen molar-refractivity contribution in [3.63, 3.8) is 0 Å². The molecule has 0 aliphatic heterocycles. The summed E-state index contributed by atoms with van der Waals surface area (Å²) in [5.41, 5.74) is 6.00. The van der Waals surface area contributed by atoms with Gasteiger partial charge < -0.3 is 15.6 Å². The van der Waals surface area contributed by atoms with Crippen molar-refractivity contribution in [1.29, 1.82) is 0 Å². The zero-order chi connectivity index (χ0) is 13.5. The molecule has 0 radical (unpaired) electrons. The van der Waals surface area contributed by atoms with Crippen LogP contribution >= 0.6 is 0 Å². The molecule has 0 saturated carbocycles. The predicted octanol–water partition coefficient (Wildman–Crippen LogP) is -0.655. The normalized spacial score (nSPS) is 11.7. The van der Waals surface area contributed by atoms with Crippen LogP contribution in [0.3, 0.4) is 0 Å². The number of nitrogens with two attached hydrogens (primary N) is 2. The maximum atomic E-state index is 11.4. The number of benzene rings is 1. The van der Waals surface area contributed by atoms with Gasteiger partial charge in [-0.2, -0.15) is 5.01 Å². The summed E-state index contributed by atoms with van der Waals surface area (Å²) in [4.78, 5) is 22.7. The number of imide groups is 1. The van der Waals surface area contributed by atoms with Gasteiger partial charge in [0.15, 0.2) is 0 Å². The van der Waals surface area contributed by atoms with Crippen LogP contribution in [-0.4, -0.2) is 34.8 Å². The van der Waals surface area contributed by atoms with E-state index in [9.17, 15) is 9.59 Å². The number of ether oxygens (including phenoxy) is 1. The van der Waals surface area contributed by atoms with E-state index >= 15 is 0 Å². The first-order chi connectivity index (χ1) is 8.56. The molecule has 1 rings (SSSR count). The van der Waals surface area contributed by atoms with Gasteiger partial charge in [-0.3, -0.25) is 4.79 Å². The lowest BCUT2D eigenvalue weighted by Gasteiger charge is -2.17. The highest BCUT2D eigenvalue weighted by molar-refractivity contribution is 5.94. The Balaban J connectivity index is 2.48. The Bertz CT molecular complexity index is 410. The second-order valence-electron chi connectivity index (χ2n) is 3.54. The number of hydrogen-bond donors (Lipinski definition) is 3. The lowest BCUT2D eigenvalue weighted by atomic mass is 10.2. The Morgan fingerprint density at radius 3 is 2.50 bits per heavy atom. The van der Waals surface area contributed by atoms with Gasteiger partial charge in [-0.15, -0.1) is 0 Å². The summed E-state index contributed by atoms with van der Waals surface area (Å²) in [5.74, 6) is 4.31. The highest BCUT2D eigenvalue weighted by Crippen LogP contribution is 2.02. The van der Waals surface area contributed by atoms with Crippen LogP contribution in [0, 0.1) is 0 Å². The molecule has 1 aromatic carbocycles. The summed E-state index contributed by atoms with van der Waals surface area (Å²) >= 11 is 0. The molecule has 7 nitrogen and oxygen atoms in total. The van der Waals surface area contributed by atoms with Gasteiger partial charge in [0.25, 0.3) is 5.91 Å². The van der Waals surface area contributed by atoms with Gasteiger partial charge in [0, 0.05) is 0 Å². The van der Waals surface area contributed by atoms with Gasteiger partial charge in [0.1, 0.15) is 12.6 Å². The minimum atomic E-state index is -1.24. The van der Waals surface area contributed by atoms with Crippen molar-refractivity contribution in [2.45, 2.75) is 12.6 Å². The average molecular weight is 253 g/mol. The van der Waals surface area contributed by atoms with Crippen molar-refractivity contribution >= 4 is 12.0 Å². The standard InChI is InChI=1S/C11H15N3O4/c12-9(6-15)10(16)14(13)11(17)18-7-8-4-2-1-3-5-8/h1-5,9,15H,6-7,12-13H2. The van der Waals surface area contributed by atoms with Gasteiger partial charge in [0.2, 0.25) is 0 Å². The van der Waals surface area contributed by atoms with Crippen molar-refractivity contribution in [2.24, 2.45) is 11.6 Å². The minimum absolute atomic E-state index is 0.00494. The van der Waals surface area contributed by atoms with Crippen LogP contribution in [0.5, 0.6) is 0 Å². The van der Waals surface area contributed by atoms with Crippen molar-refractivity contribution in [3.05, 3.63) is 35.9 Å². The van der Waals surface area contributed by atoms with Gasteiger partial charge in [-0.05, 0) is 5.56 Å². The zero-order valence-corrected chi connectivity index (χ0v) is 9.65. The van der Waals surface area contributed by atoms with Crippen LogP contribution in [0.4, 0.5) is 4.79 Å². The van der Waals surface area contributed by atoms with E-state index in [0.717, 1.165) is 5.56 Å². The van der Waals surface area contributed by atoms with E-state index in [2.05, 4.69) is 0 Å². The maximum Gasteiger partial charge on any atom is 0.431 e. The number of rotatable bonds is 4. The number of aliphatic hydroxyl groups excluding tert-OH is 1. The highest BCUT2D eigenvalue weighted by Gasteiger charge is 2.24. The van der Waals surface area contributed by atoms with E-state index in [0.29, 0.717) is 0 Å². The lowest BCUT2D eigenvalue weighted by Crippen LogP contribution is -2.52. The van der Waals surface area contributed by atoms with Crippen LogP contribution in [0.15, 0.2) is 30.3 Å². The first-order valence-corrected chi connectivity index (χ1v) is 5.22. The fourth-order valence-electron chi connectivity index (χ4n) is 1.14. The van der Waals surface area contributed by atoms with E-state index in [4.69, 9.17) is 21.4 Å². The van der Waals surface area contributed by atoms with Crippen LogP contribution in [-0.2, 0) is 16.1 Å². The molecule has 18 heavy (non-hydrogen) atoms. The van der Waals surface area contributed by atoms with Gasteiger partial charge >= 0.3 is 6.09 Å². The Morgan fingerprint density at radius 1 is 1.33 bits per heavy atom. The summed E-state index contributed by atoms with van der Waals surface area (Å²) < 4.78 is 4.81. The summed E-state index contributed by atoms with van der Waals surface area (Å²) in [6.07, 6.45) is -1.02. The molecule has 0 aromatic heterocycles. The van der Waals surface area contributed by atoms with E-state index in [1.807, 2.05) is 6.07 Å². The number of hydrogen-bond acceptors (Lipinski definition) is 6. The molecule has 0 saturated heterocycles. The molecule has 5 N–H and O–H groups in total. The molecule has 0 heterocycles. The van der Waals surface area contributed by atoms with Crippen LogP contribution in [0.25, 0.3) is 0 Å². The third kappa shape index (κ3) is 3.81. The topological polar surface area (TPSA) is 119 Å². The largest absolute Gasteiger partial charge is 0.443 e. The molecule has 2 amide bonds. The lowest BCUT2D eigenvalue weighted by molar-refractivity contribution is -0.132. The van der Waals surface area contributed by atoms with E-state index in [-0.39, 0.29) is 11.6 Å². The van der Waals surface area contributed by atoms with E-state index in [1.165, 1.54) is 0 Å². The molecule has 7 heteroatoms. The fraction of sp³-hybridized carbons (Fsp3) is 0.273. The third-order valence-corrected chi connectivity index (χ3v) is 2.15. The third-order valence-electron chi connectivity index (χ3n) is 2.15. The van der Waals surface area contributed by atoms with Gasteiger partial charge in [-0.1, -0.05) is 30.3 Å². The monoisotopic (exact) mass is 253 g/mol. The second-order valence-corrected chi connectivity index (χ2v) is 3.54.